The zero-order valence-corrected chi connectivity index (χ0v) is 24.3. The Balaban J connectivity index is 1.61. The number of amides is 1. The van der Waals surface area contributed by atoms with Crippen molar-refractivity contribution in [3.05, 3.63) is 93.4 Å². The predicted molar refractivity (Wildman–Crippen MR) is 159 cm³/mol. The molecule has 7 nitrogen and oxygen atoms in total. The fraction of sp³-hybridized carbons (Fsp3) is 0.424. The molecule has 0 bridgehead atoms. The van der Waals surface area contributed by atoms with E-state index in [1.165, 1.54) is 10.6 Å². The van der Waals surface area contributed by atoms with E-state index in [4.69, 9.17) is 0 Å². The highest BCUT2D eigenvalue weighted by molar-refractivity contribution is 5.82. The van der Waals surface area contributed by atoms with Crippen LogP contribution in [0.3, 0.4) is 0 Å². The van der Waals surface area contributed by atoms with Crippen LogP contribution in [0.1, 0.15) is 61.0 Å². The molecule has 4 rings (SSSR count). The summed E-state index contributed by atoms with van der Waals surface area (Å²) in [5.41, 5.74) is 5.52. The first-order valence-corrected chi connectivity index (χ1v) is 14.3. The third-order valence-corrected chi connectivity index (χ3v) is 7.72. The fourth-order valence-corrected chi connectivity index (χ4v) is 5.59. The number of hydrogen-bond acceptors (Lipinski definition) is 4. The summed E-state index contributed by atoms with van der Waals surface area (Å²) in [4.78, 5) is 40.7. The maximum absolute atomic E-state index is 13.8. The van der Waals surface area contributed by atoms with Crippen LogP contribution in [0.15, 0.2) is 65.6 Å². The average Bonchev–Trinajstić information content (AvgIpc) is 2.89. The number of likely N-dealkylation sites (tertiary alicyclic amines) is 1. The quantitative estimate of drug-likeness (QED) is 0.315. The summed E-state index contributed by atoms with van der Waals surface area (Å²) < 4.78 is 14.7. The topological polar surface area (TPSA) is 91.6 Å². The zero-order valence-electron chi connectivity index (χ0n) is 24.3. The highest BCUT2D eigenvalue weighted by Gasteiger charge is 2.28. The van der Waals surface area contributed by atoms with Crippen molar-refractivity contribution in [2.45, 2.75) is 65.2 Å². The van der Waals surface area contributed by atoms with Crippen LogP contribution in [0.25, 0.3) is 11.1 Å². The Labute approximate surface area is 241 Å². The van der Waals surface area contributed by atoms with Gasteiger partial charge in [-0.3, -0.25) is 19.3 Å². The molecule has 41 heavy (non-hydrogen) atoms. The molecule has 0 saturated carbocycles. The van der Waals surface area contributed by atoms with Gasteiger partial charge < -0.3 is 15.0 Å². The van der Waals surface area contributed by atoms with E-state index in [9.17, 15) is 23.9 Å². The lowest BCUT2D eigenvalue weighted by Crippen LogP contribution is -2.49. The first kappa shape index (κ1) is 30.2. The molecule has 1 aliphatic heterocycles. The zero-order chi connectivity index (χ0) is 29.7. The van der Waals surface area contributed by atoms with Crippen LogP contribution in [0.4, 0.5) is 4.39 Å². The molecule has 2 atom stereocenters. The standard InChI is InChI=1S/C33H40FN3O4/c1-21(2)15-29(37-18-24(11-12-30(37)38)13-14-36-19-27(34)20-36)33(41)35-28(17-31(39)40)25-9-6-10-26(16-25)32-22(3)7-5-8-23(32)4/h5-12,16,18,21,27-29H,13-15,17,19-20H2,1-4H3,(H,35,41)(H,39,40)/t28-,29+/m0/s1. The van der Waals surface area contributed by atoms with Crippen molar-refractivity contribution in [1.82, 2.24) is 14.8 Å². The van der Waals surface area contributed by atoms with Crippen molar-refractivity contribution in [3.63, 3.8) is 0 Å². The average molecular weight is 562 g/mol. The Morgan fingerprint density at radius 3 is 2.37 bits per heavy atom. The summed E-state index contributed by atoms with van der Waals surface area (Å²) in [6.07, 6.45) is 1.69. The number of carboxylic acid groups (broad SMARTS) is 1. The van der Waals surface area contributed by atoms with Gasteiger partial charge in [0.05, 0.1) is 12.5 Å². The van der Waals surface area contributed by atoms with E-state index >= 15 is 0 Å². The highest BCUT2D eigenvalue weighted by Crippen LogP contribution is 2.30. The summed E-state index contributed by atoms with van der Waals surface area (Å²) >= 11 is 0. The number of nitrogens with one attached hydrogen (secondary N) is 1. The van der Waals surface area contributed by atoms with Gasteiger partial charge in [0.25, 0.3) is 5.56 Å². The number of halogens is 1. The first-order valence-electron chi connectivity index (χ1n) is 14.3. The van der Waals surface area contributed by atoms with E-state index in [1.54, 1.807) is 12.3 Å². The van der Waals surface area contributed by atoms with Gasteiger partial charge in [-0.25, -0.2) is 4.39 Å². The first-order chi connectivity index (χ1) is 19.5. The van der Waals surface area contributed by atoms with Crippen molar-refractivity contribution in [2.24, 2.45) is 5.92 Å². The molecule has 1 amide bonds. The van der Waals surface area contributed by atoms with Crippen LogP contribution >= 0.6 is 0 Å². The molecule has 218 valence electrons. The van der Waals surface area contributed by atoms with Crippen molar-refractivity contribution in [1.29, 1.82) is 0 Å². The minimum Gasteiger partial charge on any atom is -0.481 e. The lowest BCUT2D eigenvalue weighted by atomic mass is 9.92. The smallest absolute Gasteiger partial charge is 0.305 e. The van der Waals surface area contributed by atoms with Gasteiger partial charge in [0, 0.05) is 31.9 Å². The molecule has 0 radical (unpaired) electrons. The van der Waals surface area contributed by atoms with Gasteiger partial charge in [-0.2, -0.15) is 0 Å². The molecule has 1 saturated heterocycles. The van der Waals surface area contributed by atoms with Crippen LogP contribution in [0, 0.1) is 19.8 Å². The van der Waals surface area contributed by atoms with Gasteiger partial charge in [0.1, 0.15) is 12.2 Å². The van der Waals surface area contributed by atoms with Gasteiger partial charge in [-0.1, -0.05) is 56.3 Å². The molecule has 0 spiro atoms. The molecule has 8 heteroatoms. The Kier molecular flexibility index (Phi) is 9.76. The number of aliphatic carboxylic acids is 1. The van der Waals surface area contributed by atoms with Gasteiger partial charge >= 0.3 is 5.97 Å². The number of carbonyl (C=O) groups is 2. The SMILES string of the molecule is Cc1cccc(C)c1-c1cccc([C@H](CC(=O)O)NC(=O)[C@@H](CC(C)C)n2cc(CCN3CC(F)C3)ccc2=O)c1. The van der Waals surface area contributed by atoms with E-state index in [0.717, 1.165) is 27.8 Å². The monoisotopic (exact) mass is 561 g/mol. The summed E-state index contributed by atoms with van der Waals surface area (Å²) in [6.45, 7) is 9.56. The van der Waals surface area contributed by atoms with E-state index in [2.05, 4.69) is 5.32 Å². The van der Waals surface area contributed by atoms with E-state index in [0.29, 0.717) is 38.0 Å². The van der Waals surface area contributed by atoms with Gasteiger partial charge in [0.2, 0.25) is 5.91 Å². The molecular formula is C33H40FN3O4. The molecule has 0 aliphatic carbocycles. The molecule has 1 aliphatic rings. The number of alkyl halides is 1. The van der Waals surface area contributed by atoms with Crippen LogP contribution < -0.4 is 10.9 Å². The Hall–Kier alpha value is -3.78. The van der Waals surface area contributed by atoms with Crippen LogP contribution in [-0.4, -0.2) is 52.3 Å². The molecule has 2 aromatic carbocycles. The van der Waals surface area contributed by atoms with Crippen molar-refractivity contribution in [2.75, 3.05) is 19.6 Å². The lowest BCUT2D eigenvalue weighted by Gasteiger charge is -2.34. The summed E-state index contributed by atoms with van der Waals surface area (Å²) in [5.74, 6) is -1.33. The normalized spacial score (nSPS) is 15.4. The van der Waals surface area contributed by atoms with Crippen molar-refractivity contribution < 1.29 is 19.1 Å². The number of carbonyl (C=O) groups excluding carboxylic acids is 1. The second kappa shape index (κ2) is 13.3. The number of benzene rings is 2. The second-order valence-electron chi connectivity index (χ2n) is 11.6. The highest BCUT2D eigenvalue weighted by atomic mass is 19.1. The molecule has 3 aromatic rings. The third-order valence-electron chi connectivity index (χ3n) is 7.72. The van der Waals surface area contributed by atoms with E-state index < -0.39 is 30.1 Å². The summed E-state index contributed by atoms with van der Waals surface area (Å²) in [5, 5.41) is 12.7. The van der Waals surface area contributed by atoms with Gasteiger partial charge in [0.15, 0.2) is 0 Å². The van der Waals surface area contributed by atoms with Crippen LogP contribution in [0.5, 0.6) is 0 Å². The minimum atomic E-state index is -1.03. The number of carboxylic acids is 1. The lowest BCUT2D eigenvalue weighted by molar-refractivity contribution is -0.138. The van der Waals surface area contributed by atoms with Crippen molar-refractivity contribution >= 4 is 11.9 Å². The maximum atomic E-state index is 13.8. The van der Waals surface area contributed by atoms with E-state index in [1.807, 2.05) is 75.1 Å². The Bertz CT molecular complexity index is 1420. The molecule has 1 fully saturated rings. The number of nitrogens with zero attached hydrogens (tertiary/aromatic N) is 2. The molecule has 2 heterocycles. The summed E-state index contributed by atoms with van der Waals surface area (Å²) in [7, 11) is 0. The fourth-order valence-electron chi connectivity index (χ4n) is 5.59. The third kappa shape index (κ3) is 7.70. The second-order valence-corrected chi connectivity index (χ2v) is 11.6. The predicted octanol–water partition coefficient (Wildman–Crippen LogP) is 5.25. The largest absolute Gasteiger partial charge is 0.481 e. The number of pyridine rings is 1. The minimum absolute atomic E-state index is 0.106. The Morgan fingerprint density at radius 2 is 1.73 bits per heavy atom. The van der Waals surface area contributed by atoms with E-state index in [-0.39, 0.29) is 17.9 Å². The number of hydrogen-bond donors (Lipinski definition) is 2. The van der Waals surface area contributed by atoms with Crippen LogP contribution in [-0.2, 0) is 16.0 Å². The molecule has 2 N–H and O–H groups in total. The van der Waals surface area contributed by atoms with Crippen molar-refractivity contribution in [3.8, 4) is 11.1 Å². The molecule has 0 unspecified atom stereocenters. The van der Waals surface area contributed by atoms with Gasteiger partial charge in [-0.05, 0) is 72.1 Å². The molecular weight excluding hydrogens is 521 g/mol. The summed E-state index contributed by atoms with van der Waals surface area (Å²) in [6, 6.07) is 15.3. The number of aromatic nitrogens is 1. The van der Waals surface area contributed by atoms with Crippen LogP contribution in [0.2, 0.25) is 0 Å². The number of rotatable bonds is 12. The Morgan fingerprint density at radius 1 is 1.05 bits per heavy atom. The maximum Gasteiger partial charge on any atom is 0.305 e. The number of aryl methyl sites for hydroxylation is 2. The molecule has 1 aromatic heterocycles. The van der Waals surface area contributed by atoms with Gasteiger partial charge in [-0.15, -0.1) is 0 Å².